The summed E-state index contributed by atoms with van der Waals surface area (Å²) in [6.07, 6.45) is 0.824. The van der Waals surface area contributed by atoms with E-state index >= 15 is 0 Å². The number of rotatable bonds is 7. The van der Waals surface area contributed by atoms with Crippen molar-refractivity contribution in [2.45, 2.75) is 12.8 Å². The van der Waals surface area contributed by atoms with Crippen LogP contribution < -0.4 is 10.6 Å². The zero-order chi connectivity index (χ0) is 19.9. The van der Waals surface area contributed by atoms with Crippen molar-refractivity contribution < 1.29 is 14.0 Å². The Morgan fingerprint density at radius 2 is 1.75 bits per heavy atom. The summed E-state index contributed by atoms with van der Waals surface area (Å²) in [7, 11) is 1.66. The number of aromatic nitrogens is 2. The molecule has 7 heteroatoms. The van der Waals surface area contributed by atoms with E-state index in [1.54, 1.807) is 19.2 Å². The number of amides is 2. The lowest BCUT2D eigenvalue weighted by atomic mass is 10.1. The van der Waals surface area contributed by atoms with E-state index in [1.165, 1.54) is 22.9 Å². The van der Waals surface area contributed by atoms with Crippen molar-refractivity contribution >= 4 is 17.6 Å². The largest absolute Gasteiger partial charge is 0.350 e. The molecule has 3 aromatic rings. The van der Waals surface area contributed by atoms with Gasteiger partial charge in [-0.2, -0.15) is 5.10 Å². The van der Waals surface area contributed by atoms with Crippen LogP contribution in [0, 0.1) is 5.82 Å². The Kier molecular flexibility index (Phi) is 6.16. The molecule has 0 saturated heterocycles. The first-order valence-electron chi connectivity index (χ1n) is 8.92. The molecule has 1 aromatic heterocycles. The molecular formula is C21H21FN4O2. The highest BCUT2D eigenvalue weighted by atomic mass is 19.1. The Morgan fingerprint density at radius 3 is 2.46 bits per heavy atom. The lowest BCUT2D eigenvalue weighted by Gasteiger charge is -2.04. The number of carbonyl (C=O) groups excluding carboxylic acids is 2. The van der Waals surface area contributed by atoms with Crippen LogP contribution in [0.2, 0.25) is 0 Å². The first kappa shape index (κ1) is 19.3. The monoisotopic (exact) mass is 380 g/mol. The molecule has 6 nitrogen and oxygen atoms in total. The summed E-state index contributed by atoms with van der Waals surface area (Å²) in [5.41, 5.74) is 2.05. The highest BCUT2D eigenvalue weighted by Crippen LogP contribution is 2.11. The molecule has 0 atom stereocenters. The van der Waals surface area contributed by atoms with Crippen LogP contribution in [0.3, 0.4) is 0 Å². The lowest BCUT2D eigenvalue weighted by Crippen LogP contribution is -2.26. The van der Waals surface area contributed by atoms with Gasteiger partial charge in [-0.05, 0) is 29.7 Å². The van der Waals surface area contributed by atoms with Gasteiger partial charge in [-0.15, -0.1) is 0 Å². The predicted octanol–water partition coefficient (Wildman–Crippen LogP) is 2.71. The highest BCUT2D eigenvalue weighted by Gasteiger charge is 2.14. The Bertz CT molecular complexity index is 952. The SMILES string of the molecule is Cn1nc(C(=O)NCCc2ccc(F)cc2)cc1NC(=O)Cc1ccccc1. The Labute approximate surface area is 162 Å². The standard InChI is InChI=1S/C21H21FN4O2/c1-26-19(24-20(27)13-16-5-3-2-4-6-16)14-18(25-26)21(28)23-12-11-15-7-9-17(22)10-8-15/h2-10,14H,11-13H2,1H3,(H,23,28)(H,24,27). The van der Waals surface area contributed by atoms with E-state index in [0.29, 0.717) is 18.8 Å². The Morgan fingerprint density at radius 1 is 1.04 bits per heavy atom. The maximum absolute atomic E-state index is 12.9. The van der Waals surface area contributed by atoms with Crippen LogP contribution in [-0.4, -0.2) is 28.1 Å². The third-order valence-electron chi connectivity index (χ3n) is 4.20. The van der Waals surface area contributed by atoms with E-state index in [2.05, 4.69) is 15.7 Å². The van der Waals surface area contributed by atoms with Crippen LogP contribution >= 0.6 is 0 Å². The van der Waals surface area contributed by atoms with Gasteiger partial charge in [-0.3, -0.25) is 14.3 Å². The van der Waals surface area contributed by atoms with Gasteiger partial charge in [0.2, 0.25) is 5.91 Å². The van der Waals surface area contributed by atoms with Gasteiger partial charge in [-0.25, -0.2) is 4.39 Å². The summed E-state index contributed by atoms with van der Waals surface area (Å²) in [6, 6.07) is 17.1. The number of hydrogen-bond donors (Lipinski definition) is 2. The van der Waals surface area contributed by atoms with E-state index in [4.69, 9.17) is 0 Å². The van der Waals surface area contributed by atoms with Gasteiger partial charge < -0.3 is 10.6 Å². The molecule has 2 aromatic carbocycles. The Balaban J connectivity index is 1.53. The summed E-state index contributed by atoms with van der Waals surface area (Å²) in [6.45, 7) is 0.400. The minimum absolute atomic E-state index is 0.183. The molecule has 144 valence electrons. The zero-order valence-corrected chi connectivity index (χ0v) is 15.5. The number of halogens is 1. The Hall–Kier alpha value is -3.48. The van der Waals surface area contributed by atoms with Gasteiger partial charge in [0.1, 0.15) is 11.6 Å². The molecule has 0 aliphatic carbocycles. The fraction of sp³-hybridized carbons (Fsp3) is 0.190. The number of nitrogens with zero attached hydrogens (tertiary/aromatic N) is 2. The molecule has 0 bridgehead atoms. The average molecular weight is 380 g/mol. The molecule has 0 unspecified atom stereocenters. The van der Waals surface area contributed by atoms with Gasteiger partial charge in [0, 0.05) is 19.7 Å². The number of aryl methyl sites for hydroxylation is 1. The van der Waals surface area contributed by atoms with Crippen molar-refractivity contribution in [3.05, 3.63) is 83.3 Å². The number of anilines is 1. The third-order valence-corrected chi connectivity index (χ3v) is 4.20. The molecule has 1 heterocycles. The van der Waals surface area contributed by atoms with Crippen molar-refractivity contribution in [2.75, 3.05) is 11.9 Å². The molecule has 0 spiro atoms. The summed E-state index contributed by atoms with van der Waals surface area (Å²) in [5, 5.41) is 9.69. The maximum atomic E-state index is 12.9. The van der Waals surface area contributed by atoms with Crippen LogP contribution in [0.5, 0.6) is 0 Å². The van der Waals surface area contributed by atoms with E-state index in [1.807, 2.05) is 30.3 Å². The fourth-order valence-corrected chi connectivity index (χ4v) is 2.73. The van der Waals surface area contributed by atoms with Gasteiger partial charge >= 0.3 is 0 Å². The van der Waals surface area contributed by atoms with Crippen LogP contribution in [0.4, 0.5) is 10.2 Å². The molecule has 28 heavy (non-hydrogen) atoms. The number of hydrogen-bond acceptors (Lipinski definition) is 3. The van der Waals surface area contributed by atoms with Crippen LogP contribution in [0.15, 0.2) is 60.7 Å². The third kappa shape index (κ3) is 5.26. The topological polar surface area (TPSA) is 76.0 Å². The number of carbonyl (C=O) groups is 2. The van der Waals surface area contributed by atoms with Crippen molar-refractivity contribution in [1.82, 2.24) is 15.1 Å². The molecule has 0 radical (unpaired) electrons. The van der Waals surface area contributed by atoms with Crippen molar-refractivity contribution in [3.63, 3.8) is 0 Å². The van der Waals surface area contributed by atoms with Crippen LogP contribution in [0.25, 0.3) is 0 Å². The fourth-order valence-electron chi connectivity index (χ4n) is 2.73. The molecule has 0 fully saturated rings. The molecule has 3 rings (SSSR count). The molecule has 0 saturated carbocycles. The van der Waals surface area contributed by atoms with Crippen LogP contribution in [0.1, 0.15) is 21.6 Å². The van der Waals surface area contributed by atoms with E-state index in [0.717, 1.165) is 11.1 Å². The second-order valence-corrected chi connectivity index (χ2v) is 6.38. The van der Waals surface area contributed by atoms with Crippen molar-refractivity contribution in [3.8, 4) is 0 Å². The minimum atomic E-state index is -0.332. The quantitative estimate of drug-likeness (QED) is 0.662. The van der Waals surface area contributed by atoms with Crippen molar-refractivity contribution in [2.24, 2.45) is 7.05 Å². The molecule has 0 aliphatic heterocycles. The lowest BCUT2D eigenvalue weighted by molar-refractivity contribution is -0.115. The summed E-state index contributed by atoms with van der Waals surface area (Å²) >= 11 is 0. The minimum Gasteiger partial charge on any atom is -0.350 e. The van der Waals surface area contributed by atoms with Gasteiger partial charge in [0.25, 0.3) is 5.91 Å². The molecular weight excluding hydrogens is 359 g/mol. The van der Waals surface area contributed by atoms with Crippen LogP contribution in [-0.2, 0) is 24.7 Å². The van der Waals surface area contributed by atoms with Gasteiger partial charge in [-0.1, -0.05) is 42.5 Å². The van der Waals surface area contributed by atoms with E-state index in [-0.39, 0.29) is 29.7 Å². The smallest absolute Gasteiger partial charge is 0.271 e. The molecule has 2 amide bonds. The maximum Gasteiger partial charge on any atom is 0.271 e. The second kappa shape index (κ2) is 8.94. The van der Waals surface area contributed by atoms with Gasteiger partial charge in [0.05, 0.1) is 6.42 Å². The van der Waals surface area contributed by atoms with Gasteiger partial charge in [0.15, 0.2) is 5.69 Å². The average Bonchev–Trinajstić information content (AvgIpc) is 3.04. The summed E-state index contributed by atoms with van der Waals surface area (Å²) in [5.74, 6) is -0.355. The second-order valence-electron chi connectivity index (χ2n) is 6.38. The number of benzene rings is 2. The summed E-state index contributed by atoms with van der Waals surface area (Å²) < 4.78 is 14.4. The normalized spacial score (nSPS) is 10.5. The number of nitrogens with one attached hydrogen (secondary N) is 2. The van der Waals surface area contributed by atoms with Crippen molar-refractivity contribution in [1.29, 1.82) is 0 Å². The molecule has 2 N–H and O–H groups in total. The first-order valence-corrected chi connectivity index (χ1v) is 8.92. The molecule has 0 aliphatic rings. The van der Waals surface area contributed by atoms with E-state index < -0.39 is 0 Å². The first-order chi connectivity index (χ1) is 13.5. The zero-order valence-electron chi connectivity index (χ0n) is 15.5. The summed E-state index contributed by atoms with van der Waals surface area (Å²) in [4.78, 5) is 24.5. The van der Waals surface area contributed by atoms with E-state index in [9.17, 15) is 14.0 Å². The predicted molar refractivity (Wildman–Crippen MR) is 104 cm³/mol. The highest BCUT2D eigenvalue weighted by molar-refractivity contribution is 5.95.